The third kappa shape index (κ3) is 2.32. The van der Waals surface area contributed by atoms with Gasteiger partial charge in [-0.05, 0) is 58.5 Å². The predicted octanol–water partition coefficient (Wildman–Crippen LogP) is 2.80. The largest absolute Gasteiger partial charge is 0.380 e. The zero-order valence-corrected chi connectivity index (χ0v) is 16.5. The monoisotopic (exact) mass is 445 g/mol. The molecule has 1 unspecified atom stereocenters. The second-order valence-corrected chi connectivity index (χ2v) is 8.22. The van der Waals surface area contributed by atoms with Crippen molar-refractivity contribution in [1.29, 1.82) is 0 Å². The molecule has 1 amide bonds. The molecule has 1 fully saturated rings. The second-order valence-electron chi connectivity index (χ2n) is 7.36. The Hall–Kier alpha value is -2.52. The summed E-state index contributed by atoms with van der Waals surface area (Å²) in [6.45, 7) is 0. The molecule has 7 nitrogen and oxygen atoms in total. The molecule has 9 heteroatoms. The molecule has 0 saturated heterocycles. The smallest absolute Gasteiger partial charge is 0.269 e. The summed E-state index contributed by atoms with van der Waals surface area (Å²) in [5, 5.41) is 15.2. The maximum Gasteiger partial charge on any atom is 0.269 e. The summed E-state index contributed by atoms with van der Waals surface area (Å²) in [5.41, 5.74) is 8.16. The standard InChI is InChI=1S/C19H17BrFN5O2/c1-25-14(2-3-23-25)17(27)16-15(18(22)28)24-19-11-6-12(20)13(21)7-10(11)8-4-9(5-8)26(16)19/h2-3,6-9,17,27H,4-5H2,1H3,(H2,22,28). The van der Waals surface area contributed by atoms with Crippen LogP contribution in [0.3, 0.4) is 0 Å². The summed E-state index contributed by atoms with van der Waals surface area (Å²) in [5.74, 6) is -0.281. The molecule has 1 saturated carbocycles. The van der Waals surface area contributed by atoms with Crippen molar-refractivity contribution in [3.05, 3.63) is 57.3 Å². The van der Waals surface area contributed by atoms with Gasteiger partial charge in [0.2, 0.25) is 0 Å². The number of nitrogens with two attached hydrogens (primary N) is 1. The van der Waals surface area contributed by atoms with Crippen molar-refractivity contribution < 1.29 is 14.3 Å². The Morgan fingerprint density at radius 1 is 1.43 bits per heavy atom. The van der Waals surface area contributed by atoms with Gasteiger partial charge in [-0.3, -0.25) is 9.48 Å². The number of carbonyl (C=O) groups excluding carboxylic acids is 1. The van der Waals surface area contributed by atoms with E-state index in [9.17, 15) is 14.3 Å². The van der Waals surface area contributed by atoms with Crippen molar-refractivity contribution in [3.8, 4) is 11.4 Å². The van der Waals surface area contributed by atoms with Crippen LogP contribution in [0, 0.1) is 5.82 Å². The van der Waals surface area contributed by atoms with Gasteiger partial charge in [-0.15, -0.1) is 0 Å². The number of imidazole rings is 1. The zero-order chi connectivity index (χ0) is 19.7. The van der Waals surface area contributed by atoms with Crippen LogP contribution >= 0.6 is 15.9 Å². The van der Waals surface area contributed by atoms with Crippen LogP contribution in [0.1, 0.15) is 58.3 Å². The molecule has 2 bridgehead atoms. The molecule has 1 atom stereocenters. The molecule has 28 heavy (non-hydrogen) atoms. The number of carbonyl (C=O) groups is 1. The van der Waals surface area contributed by atoms with Gasteiger partial charge in [0.1, 0.15) is 17.7 Å². The van der Waals surface area contributed by atoms with Crippen LogP contribution < -0.4 is 5.73 Å². The van der Waals surface area contributed by atoms with Crippen molar-refractivity contribution >= 4 is 21.8 Å². The van der Waals surface area contributed by atoms with E-state index in [1.165, 1.54) is 6.07 Å². The van der Waals surface area contributed by atoms with Crippen LogP contribution in [0.4, 0.5) is 4.39 Å². The summed E-state index contributed by atoms with van der Waals surface area (Å²) in [6.07, 6.45) is 2.05. The van der Waals surface area contributed by atoms with Crippen LogP contribution in [0.15, 0.2) is 28.9 Å². The number of nitrogens with zero attached hydrogens (tertiary/aromatic N) is 4. The number of hydrogen-bond donors (Lipinski definition) is 2. The average molecular weight is 446 g/mol. The number of amides is 1. The van der Waals surface area contributed by atoms with E-state index < -0.39 is 12.0 Å². The lowest BCUT2D eigenvalue weighted by atomic mass is 9.75. The Morgan fingerprint density at radius 3 is 2.82 bits per heavy atom. The highest BCUT2D eigenvalue weighted by molar-refractivity contribution is 9.10. The molecule has 0 spiro atoms. The molecule has 144 valence electrons. The van der Waals surface area contributed by atoms with Gasteiger partial charge in [0, 0.05) is 24.8 Å². The summed E-state index contributed by atoms with van der Waals surface area (Å²) in [4.78, 5) is 16.7. The van der Waals surface area contributed by atoms with Gasteiger partial charge in [-0.1, -0.05) is 0 Å². The number of rotatable bonds is 3. The van der Waals surface area contributed by atoms with Crippen LogP contribution in [0.5, 0.6) is 0 Å². The molecule has 3 aliphatic rings. The SMILES string of the molecule is Cn1nccc1C(O)c1c(C(N)=O)nc2n1C1CC(C1)c1cc(F)c(Br)cc1-2. The zero-order valence-electron chi connectivity index (χ0n) is 14.9. The van der Waals surface area contributed by atoms with E-state index in [0.29, 0.717) is 21.7 Å². The first-order valence-corrected chi connectivity index (χ1v) is 9.73. The minimum atomic E-state index is -1.11. The Kier molecular flexibility index (Phi) is 3.76. The summed E-state index contributed by atoms with van der Waals surface area (Å²) in [7, 11) is 1.72. The normalized spacial score (nSPS) is 20.7. The molecule has 6 rings (SSSR count). The number of benzene rings is 1. The third-order valence-corrected chi connectivity index (χ3v) is 6.44. The van der Waals surface area contributed by atoms with E-state index in [-0.39, 0.29) is 23.5 Å². The molecule has 2 aromatic heterocycles. The maximum absolute atomic E-state index is 14.2. The van der Waals surface area contributed by atoms with Gasteiger partial charge in [-0.25, -0.2) is 9.37 Å². The maximum atomic E-state index is 14.2. The lowest BCUT2D eigenvalue weighted by molar-refractivity contribution is 0.0988. The van der Waals surface area contributed by atoms with Crippen molar-refractivity contribution in [3.63, 3.8) is 0 Å². The van der Waals surface area contributed by atoms with Gasteiger partial charge < -0.3 is 15.4 Å². The quantitative estimate of drug-likeness (QED) is 0.647. The first kappa shape index (κ1) is 17.6. The van der Waals surface area contributed by atoms with Gasteiger partial charge in [0.25, 0.3) is 5.91 Å². The average Bonchev–Trinajstić information content (AvgIpc) is 3.15. The first-order chi connectivity index (χ1) is 13.4. The van der Waals surface area contributed by atoms with E-state index >= 15 is 0 Å². The number of aliphatic hydroxyl groups is 1. The van der Waals surface area contributed by atoms with Crippen molar-refractivity contribution in [2.45, 2.75) is 30.9 Å². The number of aryl methyl sites for hydroxylation is 1. The number of halogens is 2. The molecule has 1 aromatic carbocycles. The minimum absolute atomic E-state index is 0.0282. The van der Waals surface area contributed by atoms with Crippen LogP contribution in [0.2, 0.25) is 0 Å². The van der Waals surface area contributed by atoms with E-state index in [2.05, 4.69) is 26.0 Å². The van der Waals surface area contributed by atoms with Crippen molar-refractivity contribution in [2.24, 2.45) is 12.8 Å². The van der Waals surface area contributed by atoms with Crippen LogP contribution in [-0.4, -0.2) is 30.3 Å². The molecular formula is C19H17BrFN5O2. The van der Waals surface area contributed by atoms with E-state index in [0.717, 1.165) is 24.0 Å². The molecule has 4 heterocycles. The molecule has 1 aliphatic carbocycles. The number of aliphatic hydroxyl groups excluding tert-OH is 1. The Balaban J connectivity index is 1.80. The Labute approximate surface area is 168 Å². The highest BCUT2D eigenvalue weighted by Crippen LogP contribution is 2.54. The summed E-state index contributed by atoms with van der Waals surface area (Å²) in [6, 6.07) is 4.98. The summed E-state index contributed by atoms with van der Waals surface area (Å²) < 4.78 is 18.0. The summed E-state index contributed by atoms with van der Waals surface area (Å²) >= 11 is 3.24. The first-order valence-electron chi connectivity index (χ1n) is 8.94. The number of primary amides is 1. The number of hydrogen-bond acceptors (Lipinski definition) is 4. The fourth-order valence-corrected chi connectivity index (χ4v) is 4.73. The van der Waals surface area contributed by atoms with E-state index in [4.69, 9.17) is 5.73 Å². The van der Waals surface area contributed by atoms with Crippen LogP contribution in [-0.2, 0) is 7.05 Å². The Bertz CT molecular complexity index is 1130. The fourth-order valence-electron chi connectivity index (χ4n) is 4.39. The lowest BCUT2D eigenvalue weighted by Gasteiger charge is -2.36. The van der Waals surface area contributed by atoms with Crippen molar-refractivity contribution in [1.82, 2.24) is 19.3 Å². The third-order valence-electron chi connectivity index (χ3n) is 5.83. The van der Waals surface area contributed by atoms with Gasteiger partial charge in [0.05, 0.1) is 15.9 Å². The lowest BCUT2D eigenvalue weighted by Crippen LogP contribution is -2.27. The van der Waals surface area contributed by atoms with Gasteiger partial charge in [0.15, 0.2) is 5.69 Å². The molecule has 0 radical (unpaired) electrons. The fraction of sp³-hybridized carbons (Fsp3) is 0.316. The predicted molar refractivity (Wildman–Crippen MR) is 102 cm³/mol. The highest BCUT2D eigenvalue weighted by Gasteiger charge is 2.43. The van der Waals surface area contributed by atoms with Gasteiger partial charge in [-0.2, -0.15) is 5.10 Å². The van der Waals surface area contributed by atoms with Crippen LogP contribution in [0.25, 0.3) is 11.4 Å². The van der Waals surface area contributed by atoms with E-state index in [1.54, 1.807) is 30.1 Å². The molecule has 2 aliphatic heterocycles. The second kappa shape index (κ2) is 5.99. The number of aromatic nitrogens is 4. The molecule has 3 N–H and O–H groups in total. The topological polar surface area (TPSA) is 99.0 Å². The molecule has 3 aromatic rings. The molecular weight excluding hydrogens is 429 g/mol. The van der Waals surface area contributed by atoms with E-state index in [1.807, 2.05) is 4.57 Å². The minimum Gasteiger partial charge on any atom is -0.380 e. The van der Waals surface area contributed by atoms with Gasteiger partial charge >= 0.3 is 0 Å². The Morgan fingerprint density at radius 2 is 2.18 bits per heavy atom. The van der Waals surface area contributed by atoms with Crippen molar-refractivity contribution in [2.75, 3.05) is 0 Å². The highest BCUT2D eigenvalue weighted by atomic mass is 79.9.